The monoisotopic (exact) mass is 293 g/mol. The molecule has 1 atom stereocenters. The number of amides is 1. The van der Waals surface area contributed by atoms with Gasteiger partial charge in [0.25, 0.3) is 0 Å². The maximum atomic E-state index is 11.8. The minimum absolute atomic E-state index is 0.00163. The number of ether oxygens (including phenoxy) is 1. The number of aryl methyl sites for hydroxylation is 1. The number of nitrogens with one attached hydrogen (secondary N) is 1. The van der Waals surface area contributed by atoms with Crippen molar-refractivity contribution < 1.29 is 24.2 Å². The first kappa shape index (κ1) is 16.7. The Balaban J connectivity index is 2.54. The minimum Gasteiger partial charge on any atom is -0.480 e. The number of carboxylic acids is 1. The lowest BCUT2D eigenvalue weighted by atomic mass is 10.1. The van der Waals surface area contributed by atoms with Crippen LogP contribution in [-0.4, -0.2) is 36.1 Å². The third-order valence-corrected chi connectivity index (χ3v) is 2.98. The van der Waals surface area contributed by atoms with E-state index in [9.17, 15) is 14.4 Å². The first-order valence-electron chi connectivity index (χ1n) is 6.57. The summed E-state index contributed by atoms with van der Waals surface area (Å²) in [4.78, 5) is 33.9. The largest absolute Gasteiger partial charge is 0.480 e. The van der Waals surface area contributed by atoms with Crippen molar-refractivity contribution in [2.24, 2.45) is 0 Å². The van der Waals surface area contributed by atoms with Gasteiger partial charge in [-0.25, -0.2) is 4.79 Å². The molecule has 6 nitrogen and oxygen atoms in total. The molecule has 0 bridgehead atoms. The van der Waals surface area contributed by atoms with E-state index < -0.39 is 23.9 Å². The Morgan fingerprint density at radius 1 is 1.24 bits per heavy atom. The lowest BCUT2D eigenvalue weighted by Gasteiger charge is -2.14. The third-order valence-electron chi connectivity index (χ3n) is 2.98. The van der Waals surface area contributed by atoms with Crippen molar-refractivity contribution >= 4 is 17.8 Å². The van der Waals surface area contributed by atoms with E-state index in [0.717, 1.165) is 11.1 Å². The normalized spacial score (nSPS) is 11.5. The van der Waals surface area contributed by atoms with Gasteiger partial charge in [-0.1, -0.05) is 29.8 Å². The second-order valence-electron chi connectivity index (χ2n) is 4.74. The standard InChI is InChI=1S/C15H19NO5/c1-10-3-5-11(6-4-10)9-13(17)16-12(15(19)20)7-8-14(18)21-2/h3-6,12H,7-9H2,1-2H3,(H,16,17)(H,19,20)/t12-/m1/s1. The van der Waals surface area contributed by atoms with Crippen LogP contribution in [0.25, 0.3) is 0 Å². The predicted molar refractivity (Wildman–Crippen MR) is 75.7 cm³/mol. The molecule has 0 heterocycles. The van der Waals surface area contributed by atoms with Gasteiger partial charge in [-0.05, 0) is 18.9 Å². The van der Waals surface area contributed by atoms with Gasteiger partial charge in [0.05, 0.1) is 13.5 Å². The van der Waals surface area contributed by atoms with Gasteiger partial charge in [-0.3, -0.25) is 9.59 Å². The van der Waals surface area contributed by atoms with E-state index in [-0.39, 0.29) is 19.3 Å². The van der Waals surface area contributed by atoms with Crippen molar-refractivity contribution in [3.8, 4) is 0 Å². The first-order chi connectivity index (χ1) is 9.92. The Morgan fingerprint density at radius 3 is 2.38 bits per heavy atom. The van der Waals surface area contributed by atoms with Crippen LogP contribution in [0.4, 0.5) is 0 Å². The number of carbonyl (C=O) groups excluding carboxylic acids is 2. The molecule has 21 heavy (non-hydrogen) atoms. The van der Waals surface area contributed by atoms with Crippen LogP contribution in [0.15, 0.2) is 24.3 Å². The molecule has 0 aliphatic heterocycles. The molecule has 0 aliphatic carbocycles. The van der Waals surface area contributed by atoms with Crippen LogP contribution in [0, 0.1) is 6.92 Å². The van der Waals surface area contributed by atoms with Gasteiger partial charge in [-0.15, -0.1) is 0 Å². The molecule has 1 aromatic rings. The van der Waals surface area contributed by atoms with Crippen molar-refractivity contribution in [1.29, 1.82) is 0 Å². The topological polar surface area (TPSA) is 92.7 Å². The zero-order chi connectivity index (χ0) is 15.8. The maximum Gasteiger partial charge on any atom is 0.326 e. The van der Waals surface area contributed by atoms with E-state index >= 15 is 0 Å². The smallest absolute Gasteiger partial charge is 0.326 e. The number of rotatable bonds is 7. The summed E-state index contributed by atoms with van der Waals surface area (Å²) in [6, 6.07) is 6.31. The fourth-order valence-corrected chi connectivity index (χ4v) is 1.76. The molecule has 114 valence electrons. The van der Waals surface area contributed by atoms with Gasteiger partial charge in [-0.2, -0.15) is 0 Å². The highest BCUT2D eigenvalue weighted by atomic mass is 16.5. The highest BCUT2D eigenvalue weighted by molar-refractivity contribution is 5.85. The Labute approximate surface area is 123 Å². The first-order valence-corrected chi connectivity index (χ1v) is 6.57. The summed E-state index contributed by atoms with van der Waals surface area (Å²) in [7, 11) is 1.23. The molecule has 0 saturated carbocycles. The Kier molecular flexibility index (Phi) is 6.39. The van der Waals surface area contributed by atoms with Crippen molar-refractivity contribution in [1.82, 2.24) is 5.32 Å². The Hall–Kier alpha value is -2.37. The van der Waals surface area contributed by atoms with Crippen molar-refractivity contribution in [2.45, 2.75) is 32.2 Å². The molecular weight excluding hydrogens is 274 g/mol. The van der Waals surface area contributed by atoms with Gasteiger partial charge < -0.3 is 15.2 Å². The molecule has 0 fully saturated rings. The lowest BCUT2D eigenvalue weighted by molar-refractivity contribution is -0.144. The lowest BCUT2D eigenvalue weighted by Crippen LogP contribution is -2.41. The molecule has 0 aromatic heterocycles. The molecule has 0 spiro atoms. The van der Waals surface area contributed by atoms with Gasteiger partial charge >= 0.3 is 11.9 Å². The van der Waals surface area contributed by atoms with Gasteiger partial charge in [0.2, 0.25) is 5.91 Å². The van der Waals surface area contributed by atoms with Crippen molar-refractivity contribution in [3.63, 3.8) is 0 Å². The highest BCUT2D eigenvalue weighted by Gasteiger charge is 2.21. The molecule has 0 saturated heterocycles. The van der Waals surface area contributed by atoms with E-state index in [1.54, 1.807) is 0 Å². The van der Waals surface area contributed by atoms with Crippen LogP contribution in [0.2, 0.25) is 0 Å². The van der Waals surface area contributed by atoms with Crippen molar-refractivity contribution in [3.05, 3.63) is 35.4 Å². The van der Waals surface area contributed by atoms with Crippen molar-refractivity contribution in [2.75, 3.05) is 7.11 Å². The molecule has 1 rings (SSSR count). The zero-order valence-corrected chi connectivity index (χ0v) is 12.1. The Bertz CT molecular complexity index is 509. The molecule has 0 unspecified atom stereocenters. The van der Waals surface area contributed by atoms with Crippen LogP contribution in [0.5, 0.6) is 0 Å². The van der Waals surface area contributed by atoms with Crippen LogP contribution in [0.3, 0.4) is 0 Å². The molecular formula is C15H19NO5. The van der Waals surface area contributed by atoms with Gasteiger partial charge in [0.15, 0.2) is 0 Å². The number of benzene rings is 1. The number of methoxy groups -OCH3 is 1. The molecule has 0 radical (unpaired) electrons. The molecule has 6 heteroatoms. The summed E-state index contributed by atoms with van der Waals surface area (Å²) in [5.74, 6) is -2.07. The quantitative estimate of drug-likeness (QED) is 0.733. The number of carboxylic acid groups (broad SMARTS) is 1. The minimum atomic E-state index is -1.17. The maximum absolute atomic E-state index is 11.8. The number of carbonyl (C=O) groups is 3. The summed E-state index contributed by atoms with van der Waals surface area (Å²) < 4.78 is 4.45. The predicted octanol–water partition coefficient (Wildman–Crippen LogP) is 1.06. The highest BCUT2D eigenvalue weighted by Crippen LogP contribution is 2.05. The molecule has 2 N–H and O–H groups in total. The summed E-state index contributed by atoms with van der Waals surface area (Å²) in [6.07, 6.45) is 0.0439. The Morgan fingerprint density at radius 2 is 1.86 bits per heavy atom. The SMILES string of the molecule is COC(=O)CC[C@@H](NC(=O)Cc1ccc(C)cc1)C(=O)O. The molecule has 0 aliphatic rings. The summed E-state index contributed by atoms with van der Waals surface area (Å²) in [6.45, 7) is 1.94. The van der Waals surface area contributed by atoms with Gasteiger partial charge in [0, 0.05) is 6.42 Å². The fourth-order valence-electron chi connectivity index (χ4n) is 1.76. The fraction of sp³-hybridized carbons (Fsp3) is 0.400. The average molecular weight is 293 g/mol. The second kappa shape index (κ2) is 8.04. The number of aliphatic carboxylic acids is 1. The number of esters is 1. The summed E-state index contributed by atoms with van der Waals surface area (Å²) in [5, 5.41) is 11.5. The number of hydrogen-bond acceptors (Lipinski definition) is 4. The van der Waals surface area contributed by atoms with E-state index in [4.69, 9.17) is 5.11 Å². The summed E-state index contributed by atoms with van der Waals surface area (Å²) in [5.41, 5.74) is 1.89. The number of hydrogen-bond donors (Lipinski definition) is 2. The van der Waals surface area contributed by atoms with Gasteiger partial charge in [0.1, 0.15) is 6.04 Å². The summed E-state index contributed by atoms with van der Waals surface area (Å²) >= 11 is 0. The van der Waals surface area contributed by atoms with Crippen LogP contribution < -0.4 is 5.32 Å². The average Bonchev–Trinajstić information content (AvgIpc) is 2.45. The second-order valence-corrected chi connectivity index (χ2v) is 4.74. The van der Waals surface area contributed by atoms with E-state index in [1.807, 2.05) is 31.2 Å². The van der Waals surface area contributed by atoms with Crippen LogP contribution in [-0.2, 0) is 25.5 Å². The third kappa shape index (κ3) is 6.07. The molecule has 1 amide bonds. The molecule has 1 aromatic carbocycles. The van der Waals surface area contributed by atoms with E-state index in [2.05, 4.69) is 10.1 Å². The van der Waals surface area contributed by atoms with E-state index in [0.29, 0.717) is 0 Å². The van der Waals surface area contributed by atoms with Crippen LogP contribution in [0.1, 0.15) is 24.0 Å². The van der Waals surface area contributed by atoms with Crippen LogP contribution >= 0.6 is 0 Å². The zero-order valence-electron chi connectivity index (χ0n) is 12.1. The van der Waals surface area contributed by atoms with E-state index in [1.165, 1.54) is 7.11 Å².